The highest BCUT2D eigenvalue weighted by Crippen LogP contribution is 2.08. The van der Waals surface area contributed by atoms with Crippen LogP contribution in [0.5, 0.6) is 0 Å². The van der Waals surface area contributed by atoms with Gasteiger partial charge in [0, 0.05) is 19.2 Å². The Morgan fingerprint density at radius 1 is 1.44 bits per heavy atom. The molecule has 0 aromatic carbocycles. The van der Waals surface area contributed by atoms with Gasteiger partial charge in [-0.3, -0.25) is 4.98 Å². The average Bonchev–Trinajstić information content (AvgIpc) is 2.73. The number of aryl methyl sites for hydroxylation is 1. The molecular weight excluding hydrogens is 204 g/mol. The minimum absolute atomic E-state index is 0.167. The minimum Gasteiger partial charge on any atom is -0.340 e. The van der Waals surface area contributed by atoms with Gasteiger partial charge in [0.25, 0.3) is 0 Å². The zero-order chi connectivity index (χ0) is 11.4. The van der Waals surface area contributed by atoms with Crippen molar-refractivity contribution in [1.82, 2.24) is 20.4 Å². The summed E-state index contributed by atoms with van der Waals surface area (Å²) in [4.78, 5) is 8.39. The van der Waals surface area contributed by atoms with Crippen molar-refractivity contribution in [3.63, 3.8) is 0 Å². The van der Waals surface area contributed by atoms with E-state index in [4.69, 9.17) is 4.52 Å². The van der Waals surface area contributed by atoms with Gasteiger partial charge >= 0.3 is 0 Å². The van der Waals surface area contributed by atoms with Gasteiger partial charge in [-0.05, 0) is 19.1 Å². The quantitative estimate of drug-likeness (QED) is 0.844. The van der Waals surface area contributed by atoms with Crippen LogP contribution in [0.4, 0.5) is 0 Å². The Labute approximate surface area is 93.9 Å². The molecule has 1 atom stereocenters. The lowest BCUT2D eigenvalue weighted by atomic mass is 10.2. The number of hydrogen-bond acceptors (Lipinski definition) is 5. The van der Waals surface area contributed by atoms with Crippen LogP contribution in [0.15, 0.2) is 28.9 Å². The first-order valence-electron chi connectivity index (χ1n) is 5.19. The second-order valence-corrected chi connectivity index (χ2v) is 3.59. The maximum absolute atomic E-state index is 4.89. The molecule has 0 saturated heterocycles. The zero-order valence-corrected chi connectivity index (χ0v) is 9.34. The highest BCUT2D eigenvalue weighted by molar-refractivity contribution is 5.07. The summed E-state index contributed by atoms with van der Waals surface area (Å²) >= 11 is 0. The molecule has 0 spiro atoms. The molecule has 0 saturated carbocycles. The SMILES string of the molecule is Cc1nc(CN[C@@H](C)c2ccccn2)no1. The second kappa shape index (κ2) is 4.85. The Balaban J connectivity index is 1.91. The van der Waals surface area contributed by atoms with E-state index in [1.54, 1.807) is 13.1 Å². The molecule has 0 unspecified atom stereocenters. The Bertz CT molecular complexity index is 440. The van der Waals surface area contributed by atoms with Crippen molar-refractivity contribution in [2.24, 2.45) is 0 Å². The molecule has 2 aromatic heterocycles. The molecule has 1 N–H and O–H groups in total. The molecule has 5 heteroatoms. The highest BCUT2D eigenvalue weighted by Gasteiger charge is 2.07. The van der Waals surface area contributed by atoms with E-state index in [-0.39, 0.29) is 6.04 Å². The summed E-state index contributed by atoms with van der Waals surface area (Å²) in [7, 11) is 0. The van der Waals surface area contributed by atoms with Crippen LogP contribution in [0.3, 0.4) is 0 Å². The van der Waals surface area contributed by atoms with Crippen molar-refractivity contribution in [3.8, 4) is 0 Å². The Morgan fingerprint density at radius 2 is 2.31 bits per heavy atom. The second-order valence-electron chi connectivity index (χ2n) is 3.59. The van der Waals surface area contributed by atoms with Crippen LogP contribution in [-0.2, 0) is 6.54 Å². The van der Waals surface area contributed by atoms with Crippen LogP contribution in [0.2, 0.25) is 0 Å². The van der Waals surface area contributed by atoms with Gasteiger partial charge in [0.2, 0.25) is 5.89 Å². The molecule has 0 aliphatic heterocycles. The molecule has 2 rings (SSSR count). The van der Waals surface area contributed by atoms with Gasteiger partial charge in [-0.1, -0.05) is 11.2 Å². The molecule has 0 bridgehead atoms. The third-order valence-corrected chi connectivity index (χ3v) is 2.27. The first-order valence-corrected chi connectivity index (χ1v) is 5.19. The van der Waals surface area contributed by atoms with Crippen LogP contribution in [0.25, 0.3) is 0 Å². The largest absolute Gasteiger partial charge is 0.340 e. The molecule has 16 heavy (non-hydrogen) atoms. The first kappa shape index (κ1) is 10.8. The van der Waals surface area contributed by atoms with Gasteiger partial charge in [0.05, 0.1) is 12.2 Å². The summed E-state index contributed by atoms with van der Waals surface area (Å²) in [5, 5.41) is 7.09. The predicted molar refractivity (Wildman–Crippen MR) is 58.5 cm³/mol. The molecular formula is C11H14N4O. The number of rotatable bonds is 4. The molecule has 0 fully saturated rings. The van der Waals surface area contributed by atoms with Crippen LogP contribution in [0.1, 0.15) is 30.4 Å². The standard InChI is InChI=1S/C11H14N4O/c1-8(10-5-3-4-6-12-10)13-7-11-14-9(2)16-15-11/h3-6,8,13H,7H2,1-2H3/t8-/m0/s1. The Kier molecular flexibility index (Phi) is 3.26. The number of hydrogen-bond donors (Lipinski definition) is 1. The Hall–Kier alpha value is -1.75. The van der Waals surface area contributed by atoms with Crippen molar-refractivity contribution < 1.29 is 4.52 Å². The molecule has 2 heterocycles. The van der Waals surface area contributed by atoms with E-state index in [0.29, 0.717) is 18.3 Å². The third kappa shape index (κ3) is 2.64. The fourth-order valence-electron chi connectivity index (χ4n) is 1.39. The van der Waals surface area contributed by atoms with E-state index in [1.165, 1.54) is 0 Å². The molecule has 0 aliphatic carbocycles. The maximum atomic E-state index is 4.89. The third-order valence-electron chi connectivity index (χ3n) is 2.27. The first-order chi connectivity index (χ1) is 7.75. The number of pyridine rings is 1. The summed E-state index contributed by atoms with van der Waals surface area (Å²) in [5.41, 5.74) is 1.00. The van der Waals surface area contributed by atoms with Crippen molar-refractivity contribution in [2.75, 3.05) is 0 Å². The van der Waals surface area contributed by atoms with Crippen molar-refractivity contribution in [3.05, 3.63) is 41.8 Å². The number of nitrogens with zero attached hydrogens (tertiary/aromatic N) is 3. The fraction of sp³-hybridized carbons (Fsp3) is 0.364. The summed E-state index contributed by atoms with van der Waals surface area (Å²) in [6.45, 7) is 4.41. The zero-order valence-electron chi connectivity index (χ0n) is 9.34. The number of aromatic nitrogens is 3. The van der Waals surface area contributed by atoms with E-state index < -0.39 is 0 Å². The maximum Gasteiger partial charge on any atom is 0.223 e. The smallest absolute Gasteiger partial charge is 0.223 e. The van der Waals surface area contributed by atoms with Crippen molar-refractivity contribution in [1.29, 1.82) is 0 Å². The van der Waals surface area contributed by atoms with Crippen LogP contribution in [0, 0.1) is 6.92 Å². The lowest BCUT2D eigenvalue weighted by Gasteiger charge is -2.10. The summed E-state index contributed by atoms with van der Waals surface area (Å²) in [6.07, 6.45) is 1.78. The summed E-state index contributed by atoms with van der Waals surface area (Å²) in [6, 6.07) is 6.02. The predicted octanol–water partition coefficient (Wildman–Crippen LogP) is 1.62. The van der Waals surface area contributed by atoms with Gasteiger partial charge in [-0.25, -0.2) is 0 Å². The van der Waals surface area contributed by atoms with Crippen LogP contribution in [-0.4, -0.2) is 15.1 Å². The van der Waals surface area contributed by atoms with Gasteiger partial charge in [-0.15, -0.1) is 0 Å². The molecule has 0 aliphatic rings. The average molecular weight is 218 g/mol. The highest BCUT2D eigenvalue weighted by atomic mass is 16.5. The number of nitrogens with one attached hydrogen (secondary N) is 1. The molecule has 2 aromatic rings. The fourth-order valence-corrected chi connectivity index (χ4v) is 1.39. The van der Waals surface area contributed by atoms with Crippen molar-refractivity contribution >= 4 is 0 Å². The summed E-state index contributed by atoms with van der Waals surface area (Å²) in [5.74, 6) is 1.25. The van der Waals surface area contributed by atoms with Gasteiger partial charge in [0.1, 0.15) is 0 Å². The van der Waals surface area contributed by atoms with Crippen LogP contribution >= 0.6 is 0 Å². The van der Waals surface area contributed by atoms with E-state index in [1.807, 2.05) is 18.2 Å². The van der Waals surface area contributed by atoms with E-state index in [0.717, 1.165) is 5.69 Å². The molecule has 84 valence electrons. The van der Waals surface area contributed by atoms with E-state index in [9.17, 15) is 0 Å². The minimum atomic E-state index is 0.167. The van der Waals surface area contributed by atoms with E-state index >= 15 is 0 Å². The normalized spacial score (nSPS) is 12.6. The topological polar surface area (TPSA) is 63.8 Å². The van der Waals surface area contributed by atoms with E-state index in [2.05, 4.69) is 27.4 Å². The van der Waals surface area contributed by atoms with Crippen LogP contribution < -0.4 is 5.32 Å². The molecule has 0 amide bonds. The van der Waals surface area contributed by atoms with Crippen molar-refractivity contribution in [2.45, 2.75) is 26.4 Å². The monoisotopic (exact) mass is 218 g/mol. The lowest BCUT2D eigenvalue weighted by Crippen LogP contribution is -2.19. The lowest BCUT2D eigenvalue weighted by molar-refractivity contribution is 0.384. The Morgan fingerprint density at radius 3 is 2.94 bits per heavy atom. The van der Waals surface area contributed by atoms with Gasteiger partial charge in [0.15, 0.2) is 5.82 Å². The summed E-state index contributed by atoms with van der Waals surface area (Å²) < 4.78 is 4.89. The van der Waals surface area contributed by atoms with Gasteiger partial charge < -0.3 is 9.84 Å². The molecule has 5 nitrogen and oxygen atoms in total. The van der Waals surface area contributed by atoms with Gasteiger partial charge in [-0.2, -0.15) is 4.98 Å². The molecule has 0 radical (unpaired) electrons.